The maximum atomic E-state index is 12.2. The Balaban J connectivity index is 2.10. The van der Waals surface area contributed by atoms with Crippen LogP contribution in [-0.4, -0.2) is 43.9 Å². The largest absolute Gasteiger partial charge is 0.480 e. The zero-order chi connectivity index (χ0) is 14.7. The van der Waals surface area contributed by atoms with E-state index in [1.165, 1.54) is 6.20 Å². The summed E-state index contributed by atoms with van der Waals surface area (Å²) in [6.45, 7) is 1.61. The van der Waals surface area contributed by atoms with Gasteiger partial charge in [-0.15, -0.1) is 16.4 Å². The van der Waals surface area contributed by atoms with Crippen molar-refractivity contribution in [2.24, 2.45) is 0 Å². The van der Waals surface area contributed by atoms with E-state index in [2.05, 4.69) is 10.3 Å². The first-order valence-corrected chi connectivity index (χ1v) is 6.79. The molecule has 0 spiro atoms. The molecule has 0 bridgehead atoms. The fourth-order valence-corrected chi connectivity index (χ4v) is 2.52. The molecule has 0 radical (unpaired) electrons. The van der Waals surface area contributed by atoms with Crippen molar-refractivity contribution < 1.29 is 14.7 Å². The zero-order valence-electron chi connectivity index (χ0n) is 11.1. The molecule has 0 aliphatic rings. The van der Waals surface area contributed by atoms with Gasteiger partial charge in [-0.3, -0.25) is 9.59 Å². The lowest BCUT2D eigenvalue weighted by Gasteiger charge is -2.22. The maximum Gasteiger partial charge on any atom is 0.325 e. The summed E-state index contributed by atoms with van der Waals surface area (Å²) in [7, 11) is 1.68. The molecule has 7 nitrogen and oxygen atoms in total. The van der Waals surface area contributed by atoms with Gasteiger partial charge >= 0.3 is 5.97 Å². The van der Waals surface area contributed by atoms with Crippen LogP contribution in [0, 0.1) is 0 Å². The summed E-state index contributed by atoms with van der Waals surface area (Å²) in [6, 6.07) is 3.81. The summed E-state index contributed by atoms with van der Waals surface area (Å²) >= 11 is 1.57. The number of hydrogen-bond donors (Lipinski definition) is 1. The van der Waals surface area contributed by atoms with Gasteiger partial charge in [0, 0.05) is 11.9 Å². The minimum atomic E-state index is -1.03. The van der Waals surface area contributed by atoms with Crippen LogP contribution in [0.2, 0.25) is 0 Å². The normalized spacial score (nSPS) is 12.1. The van der Waals surface area contributed by atoms with Crippen LogP contribution in [0.15, 0.2) is 23.7 Å². The number of aromatic nitrogens is 3. The van der Waals surface area contributed by atoms with E-state index in [0.717, 1.165) is 9.56 Å². The van der Waals surface area contributed by atoms with Crippen LogP contribution in [0.1, 0.15) is 28.3 Å². The highest BCUT2D eigenvalue weighted by atomic mass is 32.1. The van der Waals surface area contributed by atoms with Crippen molar-refractivity contribution in [3.63, 3.8) is 0 Å². The van der Waals surface area contributed by atoms with E-state index in [9.17, 15) is 9.59 Å². The predicted octanol–water partition coefficient (Wildman–Crippen LogP) is 1.26. The van der Waals surface area contributed by atoms with Gasteiger partial charge < -0.3 is 10.0 Å². The van der Waals surface area contributed by atoms with Gasteiger partial charge in [0.25, 0.3) is 5.91 Å². The first kappa shape index (κ1) is 14.2. The highest BCUT2D eigenvalue weighted by Gasteiger charge is 2.22. The van der Waals surface area contributed by atoms with E-state index in [4.69, 9.17) is 5.11 Å². The molecule has 1 atom stereocenters. The van der Waals surface area contributed by atoms with Crippen molar-refractivity contribution in [1.29, 1.82) is 0 Å². The molecule has 0 saturated carbocycles. The molecule has 0 aliphatic heterocycles. The molecule has 20 heavy (non-hydrogen) atoms. The van der Waals surface area contributed by atoms with Gasteiger partial charge in [0.1, 0.15) is 6.54 Å². The Hall–Kier alpha value is -2.22. The number of thiophene rings is 1. The molecule has 8 heteroatoms. The molecule has 0 saturated heterocycles. The molecule has 1 unspecified atom stereocenters. The lowest BCUT2D eigenvalue weighted by atomic mass is 10.2. The summed E-state index contributed by atoms with van der Waals surface area (Å²) in [4.78, 5) is 25.4. The van der Waals surface area contributed by atoms with Crippen LogP contribution >= 0.6 is 11.3 Å². The first-order chi connectivity index (χ1) is 9.49. The monoisotopic (exact) mass is 294 g/mol. The molecular formula is C12H14N4O3S. The fourth-order valence-electron chi connectivity index (χ4n) is 1.69. The van der Waals surface area contributed by atoms with Crippen LogP contribution in [0.3, 0.4) is 0 Å². The van der Waals surface area contributed by atoms with E-state index < -0.39 is 5.97 Å². The maximum absolute atomic E-state index is 12.2. The average molecular weight is 294 g/mol. The second kappa shape index (κ2) is 5.83. The quantitative estimate of drug-likeness (QED) is 0.896. The second-order valence-electron chi connectivity index (χ2n) is 4.30. The Morgan fingerprint density at radius 3 is 2.90 bits per heavy atom. The number of aliphatic carboxylic acids is 1. The number of carbonyl (C=O) groups excluding carboxylic acids is 1. The third kappa shape index (κ3) is 3.02. The summed E-state index contributed by atoms with van der Waals surface area (Å²) in [5, 5.41) is 17.9. The Labute approximate surface area is 119 Å². The Morgan fingerprint density at radius 1 is 1.55 bits per heavy atom. The van der Waals surface area contributed by atoms with Crippen LogP contribution in [0.4, 0.5) is 0 Å². The number of carboxylic acids is 1. The molecule has 1 N–H and O–H groups in total. The SMILES string of the molecule is CC(c1cccs1)N(C)C(=O)c1cn(CC(=O)O)nn1. The zero-order valence-corrected chi connectivity index (χ0v) is 11.9. The molecule has 2 aromatic rings. The van der Waals surface area contributed by atoms with Gasteiger partial charge in [-0.25, -0.2) is 4.68 Å². The summed E-state index contributed by atoms with van der Waals surface area (Å²) in [6.07, 6.45) is 1.34. The third-order valence-corrected chi connectivity index (χ3v) is 3.95. The molecule has 0 aliphatic carbocycles. The third-order valence-electron chi connectivity index (χ3n) is 2.91. The van der Waals surface area contributed by atoms with Crippen molar-refractivity contribution in [3.05, 3.63) is 34.3 Å². The molecule has 2 rings (SSSR count). The highest BCUT2D eigenvalue weighted by Crippen LogP contribution is 2.24. The van der Waals surface area contributed by atoms with Crippen LogP contribution in [0.5, 0.6) is 0 Å². The molecular weight excluding hydrogens is 280 g/mol. The van der Waals surface area contributed by atoms with Crippen molar-refractivity contribution in [2.45, 2.75) is 19.5 Å². The topological polar surface area (TPSA) is 88.3 Å². The first-order valence-electron chi connectivity index (χ1n) is 5.91. The van der Waals surface area contributed by atoms with E-state index >= 15 is 0 Å². The van der Waals surface area contributed by atoms with E-state index in [1.807, 2.05) is 24.4 Å². The number of carbonyl (C=O) groups is 2. The number of hydrogen-bond acceptors (Lipinski definition) is 5. The minimum Gasteiger partial charge on any atom is -0.480 e. The molecule has 0 fully saturated rings. The van der Waals surface area contributed by atoms with E-state index in [0.29, 0.717) is 0 Å². The van der Waals surface area contributed by atoms with Crippen molar-refractivity contribution in [2.75, 3.05) is 7.05 Å². The Morgan fingerprint density at radius 2 is 2.30 bits per heavy atom. The number of nitrogens with zero attached hydrogens (tertiary/aromatic N) is 4. The van der Waals surface area contributed by atoms with Gasteiger partial charge in [0.15, 0.2) is 5.69 Å². The molecule has 2 aromatic heterocycles. The standard InChI is InChI=1S/C12H14N4O3S/c1-8(10-4-3-5-20-10)15(2)12(19)9-6-16(14-13-9)7-11(17)18/h3-6,8H,7H2,1-2H3,(H,17,18). The van der Waals surface area contributed by atoms with Gasteiger partial charge in [0.05, 0.1) is 12.2 Å². The summed E-state index contributed by atoms with van der Waals surface area (Å²) in [5.74, 6) is -1.32. The number of rotatable bonds is 5. The van der Waals surface area contributed by atoms with Gasteiger partial charge in [-0.05, 0) is 18.4 Å². The van der Waals surface area contributed by atoms with Gasteiger partial charge in [-0.1, -0.05) is 11.3 Å². The average Bonchev–Trinajstić information content (AvgIpc) is 3.06. The molecule has 0 aromatic carbocycles. The highest BCUT2D eigenvalue weighted by molar-refractivity contribution is 7.10. The van der Waals surface area contributed by atoms with Gasteiger partial charge in [0.2, 0.25) is 0 Å². The fraction of sp³-hybridized carbons (Fsp3) is 0.333. The smallest absolute Gasteiger partial charge is 0.325 e. The summed E-state index contributed by atoms with van der Waals surface area (Å²) < 4.78 is 1.12. The lowest BCUT2D eigenvalue weighted by Crippen LogP contribution is -2.29. The lowest BCUT2D eigenvalue weighted by molar-refractivity contribution is -0.137. The minimum absolute atomic E-state index is 0.0767. The van der Waals surface area contributed by atoms with Crippen molar-refractivity contribution >= 4 is 23.2 Å². The predicted molar refractivity (Wildman–Crippen MR) is 72.5 cm³/mol. The molecule has 106 valence electrons. The molecule has 2 heterocycles. The van der Waals surface area contributed by atoms with Crippen LogP contribution in [0.25, 0.3) is 0 Å². The second-order valence-corrected chi connectivity index (χ2v) is 5.28. The van der Waals surface area contributed by atoms with Gasteiger partial charge in [-0.2, -0.15) is 0 Å². The molecule has 1 amide bonds. The van der Waals surface area contributed by atoms with Crippen LogP contribution < -0.4 is 0 Å². The number of amides is 1. The van der Waals surface area contributed by atoms with E-state index in [-0.39, 0.29) is 24.2 Å². The van der Waals surface area contributed by atoms with Crippen LogP contribution in [-0.2, 0) is 11.3 Å². The van der Waals surface area contributed by atoms with Crippen molar-refractivity contribution in [3.8, 4) is 0 Å². The Kier molecular flexibility index (Phi) is 4.14. The number of carboxylic acid groups (broad SMARTS) is 1. The van der Waals surface area contributed by atoms with Crippen molar-refractivity contribution in [1.82, 2.24) is 19.9 Å². The Bertz CT molecular complexity index is 608. The van der Waals surface area contributed by atoms with E-state index in [1.54, 1.807) is 23.3 Å². The summed E-state index contributed by atoms with van der Waals surface area (Å²) in [5.41, 5.74) is 0.136.